The van der Waals surface area contributed by atoms with Gasteiger partial charge < -0.3 is 5.32 Å². The van der Waals surface area contributed by atoms with Crippen LogP contribution in [0.2, 0.25) is 0 Å². The first-order valence-corrected chi connectivity index (χ1v) is 9.18. The minimum Gasteiger partial charge on any atom is -0.326 e. The van der Waals surface area contributed by atoms with Crippen molar-refractivity contribution in [2.75, 3.05) is 11.9 Å². The van der Waals surface area contributed by atoms with Crippen molar-refractivity contribution in [1.82, 2.24) is 5.01 Å². The molecule has 0 saturated carbocycles. The number of nitrogens with zero attached hydrogens (tertiary/aromatic N) is 2. The van der Waals surface area contributed by atoms with Crippen LogP contribution in [-0.4, -0.2) is 29.1 Å². The van der Waals surface area contributed by atoms with E-state index >= 15 is 0 Å². The van der Waals surface area contributed by atoms with Gasteiger partial charge in [-0.1, -0.05) is 30.3 Å². The molecule has 2 aromatic rings. The maximum Gasteiger partial charge on any atom is 0.243 e. The molecule has 1 heterocycles. The van der Waals surface area contributed by atoms with Gasteiger partial charge in [0.15, 0.2) is 0 Å². The Morgan fingerprint density at radius 2 is 1.76 bits per heavy atom. The molecule has 5 nitrogen and oxygen atoms in total. The summed E-state index contributed by atoms with van der Waals surface area (Å²) in [5.74, 6) is -0.287. The maximum atomic E-state index is 12.3. The first-order chi connectivity index (χ1) is 12.1. The van der Waals surface area contributed by atoms with E-state index in [2.05, 4.69) is 33.0 Å². The van der Waals surface area contributed by atoms with Gasteiger partial charge in [0.2, 0.25) is 11.8 Å². The zero-order valence-corrected chi connectivity index (χ0v) is 15.8. The molecular formula is C19H18IN3O2. The molecule has 0 unspecified atom stereocenters. The summed E-state index contributed by atoms with van der Waals surface area (Å²) in [4.78, 5) is 24.2. The molecule has 128 valence electrons. The molecule has 0 spiro atoms. The molecule has 1 aliphatic rings. The fourth-order valence-corrected chi connectivity index (χ4v) is 2.94. The fraction of sp³-hybridized carbons (Fsp3) is 0.211. The molecule has 0 aromatic heterocycles. The predicted molar refractivity (Wildman–Crippen MR) is 106 cm³/mol. The van der Waals surface area contributed by atoms with Crippen LogP contribution < -0.4 is 5.32 Å². The first kappa shape index (κ1) is 17.6. The Hall–Kier alpha value is -2.22. The van der Waals surface area contributed by atoms with Crippen molar-refractivity contribution < 1.29 is 9.59 Å². The summed E-state index contributed by atoms with van der Waals surface area (Å²) in [5, 5.41) is 8.67. The third kappa shape index (κ3) is 4.88. The average Bonchev–Trinajstić information content (AvgIpc) is 3.13. The van der Waals surface area contributed by atoms with Crippen molar-refractivity contribution in [3.05, 3.63) is 63.7 Å². The lowest BCUT2D eigenvalue weighted by Gasteiger charge is -2.11. The molecule has 0 fully saturated rings. The van der Waals surface area contributed by atoms with Gasteiger partial charge in [0.25, 0.3) is 0 Å². The lowest BCUT2D eigenvalue weighted by atomic mass is 10.1. The van der Waals surface area contributed by atoms with Crippen LogP contribution in [0.25, 0.3) is 0 Å². The molecule has 2 amide bonds. The van der Waals surface area contributed by atoms with Gasteiger partial charge in [-0.3, -0.25) is 9.59 Å². The Labute approximate surface area is 160 Å². The summed E-state index contributed by atoms with van der Waals surface area (Å²) in [6.45, 7) is 0.571. The molecule has 0 aliphatic carbocycles. The molecule has 0 atom stereocenters. The number of hydrogen-bond acceptors (Lipinski definition) is 3. The lowest BCUT2D eigenvalue weighted by molar-refractivity contribution is -0.132. The minimum atomic E-state index is -0.166. The predicted octanol–water partition coefficient (Wildman–Crippen LogP) is 3.65. The van der Waals surface area contributed by atoms with E-state index < -0.39 is 0 Å². The smallest absolute Gasteiger partial charge is 0.243 e. The van der Waals surface area contributed by atoms with Gasteiger partial charge in [0, 0.05) is 28.5 Å². The summed E-state index contributed by atoms with van der Waals surface area (Å²) in [5.41, 5.74) is 2.69. The Morgan fingerprint density at radius 1 is 1.04 bits per heavy atom. The molecule has 3 rings (SSSR count). The van der Waals surface area contributed by atoms with Gasteiger partial charge >= 0.3 is 0 Å². The van der Waals surface area contributed by atoms with E-state index in [0.29, 0.717) is 6.54 Å². The highest BCUT2D eigenvalue weighted by molar-refractivity contribution is 14.1. The third-order valence-electron chi connectivity index (χ3n) is 3.89. The van der Waals surface area contributed by atoms with Crippen LogP contribution in [0.15, 0.2) is 59.7 Å². The Bertz CT molecular complexity index is 788. The highest BCUT2D eigenvalue weighted by Gasteiger charge is 2.21. The number of carbonyl (C=O) groups is 2. The monoisotopic (exact) mass is 447 g/mol. The number of nitrogens with one attached hydrogen (secondary N) is 1. The zero-order chi connectivity index (χ0) is 17.6. The molecule has 25 heavy (non-hydrogen) atoms. The fourth-order valence-electron chi connectivity index (χ4n) is 2.58. The second-order valence-corrected chi connectivity index (χ2v) is 6.98. The quantitative estimate of drug-likeness (QED) is 0.712. The SMILES string of the molecule is O=C(CCC(=O)N1CCC(c2ccccc2)=N1)Nc1ccc(I)cc1. The van der Waals surface area contributed by atoms with Crippen molar-refractivity contribution in [3.63, 3.8) is 0 Å². The van der Waals surface area contributed by atoms with Crippen molar-refractivity contribution in [1.29, 1.82) is 0 Å². The van der Waals surface area contributed by atoms with Gasteiger partial charge in [0.05, 0.1) is 12.3 Å². The van der Waals surface area contributed by atoms with E-state index in [0.717, 1.165) is 27.0 Å². The van der Waals surface area contributed by atoms with E-state index in [-0.39, 0.29) is 24.7 Å². The molecule has 2 aromatic carbocycles. The van der Waals surface area contributed by atoms with Gasteiger partial charge in [-0.25, -0.2) is 5.01 Å². The van der Waals surface area contributed by atoms with Crippen LogP contribution in [0.5, 0.6) is 0 Å². The number of benzene rings is 2. The molecule has 1 aliphatic heterocycles. The molecule has 0 saturated heterocycles. The van der Waals surface area contributed by atoms with Gasteiger partial charge in [0.1, 0.15) is 0 Å². The van der Waals surface area contributed by atoms with Gasteiger partial charge in [-0.05, 0) is 52.4 Å². The van der Waals surface area contributed by atoms with E-state index in [1.807, 2.05) is 54.6 Å². The molecule has 0 bridgehead atoms. The number of hydrazone groups is 1. The minimum absolute atomic E-state index is 0.122. The third-order valence-corrected chi connectivity index (χ3v) is 4.61. The van der Waals surface area contributed by atoms with Crippen LogP contribution in [0.1, 0.15) is 24.8 Å². The summed E-state index contributed by atoms with van der Waals surface area (Å²) in [6.07, 6.45) is 1.05. The van der Waals surface area contributed by atoms with Crippen molar-refractivity contribution >= 4 is 45.8 Å². The zero-order valence-electron chi connectivity index (χ0n) is 13.6. The normalized spacial score (nSPS) is 13.5. The van der Waals surface area contributed by atoms with Crippen LogP contribution in [0, 0.1) is 3.57 Å². The highest BCUT2D eigenvalue weighted by Crippen LogP contribution is 2.16. The van der Waals surface area contributed by atoms with E-state index in [4.69, 9.17) is 0 Å². The second kappa shape index (κ2) is 8.24. The number of halogens is 1. The van der Waals surface area contributed by atoms with Crippen molar-refractivity contribution in [3.8, 4) is 0 Å². The van der Waals surface area contributed by atoms with E-state index in [1.54, 1.807) is 0 Å². The molecule has 0 radical (unpaired) electrons. The Kier molecular flexibility index (Phi) is 5.80. The van der Waals surface area contributed by atoms with E-state index in [1.165, 1.54) is 5.01 Å². The standard InChI is InChI=1S/C19H18IN3O2/c20-15-6-8-16(9-7-15)21-18(24)10-11-19(25)23-13-12-17(22-23)14-4-2-1-3-5-14/h1-9H,10-13H2,(H,21,24). The van der Waals surface area contributed by atoms with Crippen molar-refractivity contribution in [2.45, 2.75) is 19.3 Å². The summed E-state index contributed by atoms with van der Waals surface area (Å²) in [6, 6.07) is 17.4. The largest absolute Gasteiger partial charge is 0.326 e. The van der Waals surface area contributed by atoms with Crippen LogP contribution in [0.4, 0.5) is 5.69 Å². The Morgan fingerprint density at radius 3 is 2.48 bits per heavy atom. The van der Waals surface area contributed by atoms with Crippen LogP contribution >= 0.6 is 22.6 Å². The van der Waals surface area contributed by atoms with Crippen molar-refractivity contribution in [2.24, 2.45) is 5.10 Å². The average molecular weight is 447 g/mol. The summed E-state index contributed by atoms with van der Waals surface area (Å²) < 4.78 is 1.10. The summed E-state index contributed by atoms with van der Waals surface area (Å²) in [7, 11) is 0. The molecule has 1 N–H and O–H groups in total. The lowest BCUT2D eigenvalue weighted by Crippen LogP contribution is -2.24. The highest BCUT2D eigenvalue weighted by atomic mass is 127. The van der Waals surface area contributed by atoms with Crippen LogP contribution in [0.3, 0.4) is 0 Å². The number of anilines is 1. The van der Waals surface area contributed by atoms with Crippen LogP contribution in [-0.2, 0) is 9.59 Å². The van der Waals surface area contributed by atoms with Gasteiger partial charge in [-0.2, -0.15) is 5.10 Å². The number of rotatable bonds is 5. The van der Waals surface area contributed by atoms with E-state index in [9.17, 15) is 9.59 Å². The summed E-state index contributed by atoms with van der Waals surface area (Å²) >= 11 is 2.21. The maximum absolute atomic E-state index is 12.3. The molecule has 6 heteroatoms. The number of carbonyl (C=O) groups excluding carboxylic acids is 2. The number of hydrogen-bond donors (Lipinski definition) is 1. The molecular weight excluding hydrogens is 429 g/mol. The number of amides is 2. The topological polar surface area (TPSA) is 61.8 Å². The Balaban J connectivity index is 1.50. The second-order valence-electron chi connectivity index (χ2n) is 5.73. The first-order valence-electron chi connectivity index (χ1n) is 8.10. The van der Waals surface area contributed by atoms with Gasteiger partial charge in [-0.15, -0.1) is 0 Å².